The van der Waals surface area contributed by atoms with Gasteiger partial charge >= 0.3 is 0 Å². The average molecular weight is 454 g/mol. The molecule has 1 heterocycles. The Morgan fingerprint density at radius 1 is 1.00 bits per heavy atom. The van der Waals surface area contributed by atoms with Crippen LogP contribution in [0.15, 0.2) is 87.9 Å². The van der Waals surface area contributed by atoms with Gasteiger partial charge in [-0.15, -0.1) is 0 Å². The maximum absolute atomic E-state index is 12.8. The van der Waals surface area contributed by atoms with Gasteiger partial charge in [-0.2, -0.15) is 0 Å². The molecule has 28 heavy (non-hydrogen) atoms. The van der Waals surface area contributed by atoms with Gasteiger partial charge in [0.25, 0.3) is 5.91 Å². The van der Waals surface area contributed by atoms with Crippen molar-refractivity contribution >= 4 is 39.1 Å². The topological polar surface area (TPSA) is 55.1 Å². The predicted octanol–water partition coefficient (Wildman–Crippen LogP) is 6.68. The number of nitrogens with zero attached hydrogens (tertiary/aromatic N) is 1. The van der Waals surface area contributed by atoms with E-state index in [-0.39, 0.29) is 5.91 Å². The number of oxazole rings is 1. The smallest absolute Gasteiger partial charge is 0.256 e. The minimum Gasteiger partial charge on any atom is -0.436 e. The van der Waals surface area contributed by atoms with Crippen LogP contribution in [0.25, 0.3) is 22.8 Å². The van der Waals surface area contributed by atoms with Crippen LogP contribution >= 0.6 is 27.5 Å². The molecule has 138 valence electrons. The summed E-state index contributed by atoms with van der Waals surface area (Å²) in [5, 5.41) is 3.41. The van der Waals surface area contributed by atoms with Crippen molar-refractivity contribution in [1.82, 2.24) is 4.98 Å². The van der Waals surface area contributed by atoms with Gasteiger partial charge < -0.3 is 9.73 Å². The first kappa shape index (κ1) is 18.5. The maximum atomic E-state index is 12.8. The van der Waals surface area contributed by atoms with Crippen LogP contribution in [0, 0.1) is 0 Å². The van der Waals surface area contributed by atoms with Gasteiger partial charge in [0.15, 0.2) is 5.76 Å². The van der Waals surface area contributed by atoms with Crippen molar-refractivity contribution < 1.29 is 9.21 Å². The Balaban J connectivity index is 1.65. The lowest BCUT2D eigenvalue weighted by Crippen LogP contribution is -2.13. The average Bonchev–Trinajstić information content (AvgIpc) is 3.18. The molecule has 0 unspecified atom stereocenters. The first-order valence-electron chi connectivity index (χ1n) is 8.48. The van der Waals surface area contributed by atoms with Crippen molar-refractivity contribution in [2.24, 2.45) is 0 Å². The van der Waals surface area contributed by atoms with Crippen LogP contribution in [-0.4, -0.2) is 10.9 Å². The molecule has 4 aromatic rings. The van der Waals surface area contributed by atoms with E-state index in [0.717, 1.165) is 10.0 Å². The first-order chi connectivity index (χ1) is 13.6. The summed E-state index contributed by atoms with van der Waals surface area (Å²) in [5.74, 6) is 0.753. The van der Waals surface area contributed by atoms with Gasteiger partial charge in [-0.05, 0) is 42.5 Å². The number of carbonyl (C=O) groups is 1. The largest absolute Gasteiger partial charge is 0.436 e. The molecule has 0 radical (unpaired) electrons. The Kier molecular flexibility index (Phi) is 5.28. The summed E-state index contributed by atoms with van der Waals surface area (Å²) in [4.78, 5) is 17.2. The summed E-state index contributed by atoms with van der Waals surface area (Å²) in [6, 6.07) is 21.9. The van der Waals surface area contributed by atoms with E-state index in [1.807, 2.05) is 36.4 Å². The Morgan fingerprint density at radius 2 is 1.79 bits per heavy atom. The van der Waals surface area contributed by atoms with E-state index in [9.17, 15) is 4.79 Å². The van der Waals surface area contributed by atoms with Crippen LogP contribution in [0.2, 0.25) is 5.02 Å². The standard InChI is InChI=1S/C22H14BrClN2O2/c23-15-10-8-14(9-11-15)20-13-25-22(28-20)19-7-2-1-6-18(19)21(27)26-17-5-3-4-16(24)12-17/h1-13H,(H,26,27). The van der Waals surface area contributed by atoms with Gasteiger partial charge in [0, 0.05) is 26.3 Å². The van der Waals surface area contributed by atoms with E-state index in [2.05, 4.69) is 26.2 Å². The molecule has 0 saturated heterocycles. The second kappa shape index (κ2) is 8.00. The third-order valence-electron chi connectivity index (χ3n) is 4.12. The second-order valence-electron chi connectivity index (χ2n) is 6.05. The number of halogens is 2. The fourth-order valence-corrected chi connectivity index (χ4v) is 3.23. The molecule has 1 amide bonds. The summed E-state index contributed by atoms with van der Waals surface area (Å²) < 4.78 is 6.91. The van der Waals surface area contributed by atoms with Crippen molar-refractivity contribution in [2.75, 3.05) is 5.32 Å². The molecule has 4 rings (SSSR count). The third kappa shape index (κ3) is 4.01. The predicted molar refractivity (Wildman–Crippen MR) is 114 cm³/mol. The molecule has 4 nitrogen and oxygen atoms in total. The molecule has 1 N–H and O–H groups in total. The third-order valence-corrected chi connectivity index (χ3v) is 4.88. The molecule has 0 bridgehead atoms. The van der Waals surface area contributed by atoms with Crippen LogP contribution < -0.4 is 5.32 Å². The number of amides is 1. The molecule has 6 heteroatoms. The van der Waals surface area contributed by atoms with E-state index in [1.165, 1.54) is 0 Å². The fourth-order valence-electron chi connectivity index (χ4n) is 2.78. The summed E-state index contributed by atoms with van der Waals surface area (Å²) in [6.45, 7) is 0. The number of nitrogens with one attached hydrogen (secondary N) is 1. The summed E-state index contributed by atoms with van der Waals surface area (Å²) in [5.41, 5.74) is 2.61. The maximum Gasteiger partial charge on any atom is 0.256 e. The van der Waals surface area contributed by atoms with E-state index in [1.54, 1.807) is 42.6 Å². The summed E-state index contributed by atoms with van der Waals surface area (Å²) >= 11 is 9.41. The highest BCUT2D eigenvalue weighted by molar-refractivity contribution is 9.10. The Morgan fingerprint density at radius 3 is 2.57 bits per heavy atom. The lowest BCUT2D eigenvalue weighted by molar-refractivity contribution is 0.102. The number of hydrogen-bond acceptors (Lipinski definition) is 3. The van der Waals surface area contributed by atoms with Gasteiger partial charge in [-0.3, -0.25) is 4.79 Å². The summed E-state index contributed by atoms with van der Waals surface area (Å²) in [7, 11) is 0. The molecule has 3 aromatic carbocycles. The van der Waals surface area contributed by atoms with Gasteiger partial charge in [0.05, 0.1) is 11.8 Å². The normalized spacial score (nSPS) is 10.6. The van der Waals surface area contributed by atoms with Crippen LogP contribution in [-0.2, 0) is 0 Å². The summed E-state index contributed by atoms with van der Waals surface area (Å²) in [6.07, 6.45) is 1.66. The number of hydrogen-bond donors (Lipinski definition) is 1. The van der Waals surface area contributed by atoms with E-state index in [4.69, 9.17) is 16.0 Å². The van der Waals surface area contributed by atoms with Gasteiger partial charge in [-0.1, -0.05) is 57.9 Å². The Bertz CT molecular complexity index is 1140. The van der Waals surface area contributed by atoms with Gasteiger partial charge in [0.1, 0.15) is 0 Å². The zero-order chi connectivity index (χ0) is 19.5. The van der Waals surface area contributed by atoms with Crippen molar-refractivity contribution in [3.63, 3.8) is 0 Å². The van der Waals surface area contributed by atoms with Crippen LogP contribution in [0.5, 0.6) is 0 Å². The Hall–Kier alpha value is -2.89. The molecule has 0 aliphatic rings. The van der Waals surface area contributed by atoms with Crippen molar-refractivity contribution in [1.29, 1.82) is 0 Å². The number of benzene rings is 3. The molecule has 0 fully saturated rings. The molecular formula is C22H14BrClN2O2. The highest BCUT2D eigenvalue weighted by atomic mass is 79.9. The Labute approximate surface area is 175 Å². The quantitative estimate of drug-likeness (QED) is 0.375. The highest BCUT2D eigenvalue weighted by Crippen LogP contribution is 2.29. The zero-order valence-corrected chi connectivity index (χ0v) is 16.9. The van der Waals surface area contributed by atoms with Crippen LogP contribution in [0.3, 0.4) is 0 Å². The van der Waals surface area contributed by atoms with Crippen LogP contribution in [0.4, 0.5) is 5.69 Å². The molecule has 1 aromatic heterocycles. The number of carbonyl (C=O) groups excluding carboxylic acids is 1. The van der Waals surface area contributed by atoms with E-state index < -0.39 is 0 Å². The molecule has 0 atom stereocenters. The van der Waals surface area contributed by atoms with Gasteiger partial charge in [0.2, 0.25) is 5.89 Å². The number of anilines is 1. The molecule has 0 aliphatic heterocycles. The van der Waals surface area contributed by atoms with E-state index in [0.29, 0.717) is 33.5 Å². The highest BCUT2D eigenvalue weighted by Gasteiger charge is 2.17. The fraction of sp³-hybridized carbons (Fsp3) is 0. The molecular weight excluding hydrogens is 440 g/mol. The molecule has 0 aliphatic carbocycles. The molecule has 0 spiro atoms. The van der Waals surface area contributed by atoms with Gasteiger partial charge in [-0.25, -0.2) is 4.98 Å². The molecule has 0 saturated carbocycles. The second-order valence-corrected chi connectivity index (χ2v) is 7.40. The lowest BCUT2D eigenvalue weighted by Gasteiger charge is -2.08. The first-order valence-corrected chi connectivity index (χ1v) is 9.65. The zero-order valence-electron chi connectivity index (χ0n) is 14.5. The number of aromatic nitrogens is 1. The minimum absolute atomic E-state index is 0.263. The SMILES string of the molecule is O=C(Nc1cccc(Cl)c1)c1ccccc1-c1ncc(-c2ccc(Br)cc2)o1. The van der Waals surface area contributed by atoms with Crippen LogP contribution in [0.1, 0.15) is 10.4 Å². The monoisotopic (exact) mass is 452 g/mol. The lowest BCUT2D eigenvalue weighted by atomic mass is 10.1. The number of rotatable bonds is 4. The van der Waals surface area contributed by atoms with Crippen molar-refractivity contribution in [3.05, 3.63) is 94.1 Å². The van der Waals surface area contributed by atoms with Crippen molar-refractivity contribution in [2.45, 2.75) is 0 Å². The van der Waals surface area contributed by atoms with Crippen molar-refractivity contribution in [3.8, 4) is 22.8 Å². The van der Waals surface area contributed by atoms with E-state index >= 15 is 0 Å². The minimum atomic E-state index is -0.263.